The zero-order valence-electron chi connectivity index (χ0n) is 20.7. The molecule has 2 amide bonds. The Balaban J connectivity index is 1.54. The minimum Gasteiger partial charge on any atom is -0.508 e. The molecule has 3 aromatic rings. The number of aromatic nitrogens is 1. The Kier molecular flexibility index (Phi) is 7.47. The molecule has 0 fully saturated rings. The molecular formula is C27H31N3O6. The summed E-state index contributed by atoms with van der Waals surface area (Å²) in [5.41, 5.74) is 1.15. The lowest BCUT2D eigenvalue weighted by Crippen LogP contribution is -2.51. The number of nitrogens with zero attached hydrogens (tertiary/aromatic N) is 1. The maximum absolute atomic E-state index is 13.3. The second kappa shape index (κ2) is 10.7. The number of hydrogen-bond acceptors (Lipinski definition) is 6. The number of phenolic OH excluding ortho intramolecular Hbond substituents is 1. The number of hydrogen-bond donors (Lipinski definition) is 3. The first-order chi connectivity index (χ1) is 17.3. The van der Waals surface area contributed by atoms with Crippen LogP contribution in [0, 0.1) is 5.92 Å². The number of pyridine rings is 1. The normalized spacial score (nSPS) is 13.9. The molecule has 1 aromatic heterocycles. The van der Waals surface area contributed by atoms with Crippen LogP contribution in [-0.2, 0) is 17.8 Å². The topological polar surface area (TPSA) is 119 Å². The minimum atomic E-state index is -0.802. The van der Waals surface area contributed by atoms with Crippen molar-refractivity contribution in [3.8, 4) is 17.2 Å². The van der Waals surface area contributed by atoms with Gasteiger partial charge in [0.25, 0.3) is 5.91 Å². The number of amides is 2. The molecule has 0 radical (unpaired) electrons. The average Bonchev–Trinajstić information content (AvgIpc) is 3.34. The standard InChI is InChI=1S/C27H31N3O6/c1-4-16(3)24(27(34)28-11-10-17-6-8-18(31)9-7-17)29-26(33)20-14-30(5-2)21-13-23-22(35-15-36-23)12-19(21)25(20)32/h6-9,12-14,16,24,31H,4-5,10-11,15H2,1-3H3,(H,28,34)(H,29,33)/t16?,24-/m0/s1. The molecule has 0 bridgehead atoms. The molecule has 190 valence electrons. The summed E-state index contributed by atoms with van der Waals surface area (Å²) in [7, 11) is 0. The van der Waals surface area contributed by atoms with E-state index >= 15 is 0 Å². The number of fused-ring (bicyclic) bond motifs is 2. The third-order valence-electron chi connectivity index (χ3n) is 6.59. The summed E-state index contributed by atoms with van der Waals surface area (Å²) < 4.78 is 12.7. The van der Waals surface area contributed by atoms with Crippen LogP contribution in [0.3, 0.4) is 0 Å². The first kappa shape index (κ1) is 25.1. The van der Waals surface area contributed by atoms with Gasteiger partial charge in [-0.15, -0.1) is 0 Å². The van der Waals surface area contributed by atoms with E-state index < -0.39 is 17.4 Å². The van der Waals surface area contributed by atoms with E-state index in [1.54, 1.807) is 36.4 Å². The van der Waals surface area contributed by atoms with Crippen LogP contribution in [0.1, 0.15) is 43.1 Å². The van der Waals surface area contributed by atoms with Crippen molar-refractivity contribution in [3.63, 3.8) is 0 Å². The summed E-state index contributed by atoms with van der Waals surface area (Å²) in [4.78, 5) is 39.6. The van der Waals surface area contributed by atoms with E-state index in [0.29, 0.717) is 48.3 Å². The van der Waals surface area contributed by atoms with E-state index in [1.807, 2.05) is 25.3 Å². The van der Waals surface area contributed by atoms with Crippen LogP contribution in [0.2, 0.25) is 0 Å². The molecule has 3 N–H and O–H groups in total. The van der Waals surface area contributed by atoms with Crippen LogP contribution in [0.4, 0.5) is 0 Å². The van der Waals surface area contributed by atoms with Gasteiger partial charge in [-0.2, -0.15) is 0 Å². The van der Waals surface area contributed by atoms with Gasteiger partial charge >= 0.3 is 0 Å². The maximum Gasteiger partial charge on any atom is 0.257 e. The number of aryl methyl sites for hydroxylation is 1. The highest BCUT2D eigenvalue weighted by Crippen LogP contribution is 2.35. The fraction of sp³-hybridized carbons (Fsp3) is 0.370. The van der Waals surface area contributed by atoms with Gasteiger partial charge in [0.15, 0.2) is 11.5 Å². The zero-order valence-corrected chi connectivity index (χ0v) is 20.7. The molecule has 4 rings (SSSR count). The van der Waals surface area contributed by atoms with E-state index in [-0.39, 0.29) is 29.9 Å². The van der Waals surface area contributed by atoms with Gasteiger partial charge in [-0.05, 0) is 43.0 Å². The van der Waals surface area contributed by atoms with Crippen molar-refractivity contribution in [3.05, 3.63) is 63.9 Å². The number of phenols is 1. The van der Waals surface area contributed by atoms with Crippen LogP contribution >= 0.6 is 0 Å². The van der Waals surface area contributed by atoms with Crippen LogP contribution in [0.5, 0.6) is 17.2 Å². The molecule has 9 nitrogen and oxygen atoms in total. The lowest BCUT2D eigenvalue weighted by Gasteiger charge is -2.24. The van der Waals surface area contributed by atoms with Crippen molar-refractivity contribution in [1.82, 2.24) is 15.2 Å². The summed E-state index contributed by atoms with van der Waals surface area (Å²) >= 11 is 0. The minimum absolute atomic E-state index is 0.0339. The van der Waals surface area contributed by atoms with Crippen LogP contribution in [-0.4, -0.2) is 40.9 Å². The van der Waals surface area contributed by atoms with Crippen LogP contribution in [0.25, 0.3) is 10.9 Å². The maximum atomic E-state index is 13.3. The molecule has 1 aliphatic heterocycles. The highest BCUT2D eigenvalue weighted by molar-refractivity contribution is 6.00. The monoisotopic (exact) mass is 493 g/mol. The molecular weight excluding hydrogens is 462 g/mol. The Hall–Kier alpha value is -4.01. The molecule has 2 aromatic carbocycles. The highest BCUT2D eigenvalue weighted by atomic mass is 16.7. The molecule has 1 aliphatic rings. The van der Waals surface area contributed by atoms with Gasteiger partial charge in [-0.3, -0.25) is 14.4 Å². The van der Waals surface area contributed by atoms with Gasteiger partial charge in [-0.1, -0.05) is 32.4 Å². The fourth-order valence-corrected chi connectivity index (χ4v) is 4.23. The molecule has 0 spiro atoms. The molecule has 9 heteroatoms. The van der Waals surface area contributed by atoms with Gasteiger partial charge in [0.2, 0.25) is 18.1 Å². The lowest BCUT2D eigenvalue weighted by atomic mass is 9.97. The Morgan fingerprint density at radius 1 is 1.11 bits per heavy atom. The molecule has 0 saturated carbocycles. The van der Waals surface area contributed by atoms with Crippen molar-refractivity contribution in [1.29, 1.82) is 0 Å². The largest absolute Gasteiger partial charge is 0.508 e. The summed E-state index contributed by atoms with van der Waals surface area (Å²) in [6.45, 7) is 6.73. The van der Waals surface area contributed by atoms with Crippen molar-refractivity contribution in [2.45, 2.75) is 46.2 Å². The number of nitrogens with one attached hydrogen (secondary N) is 2. The predicted octanol–water partition coefficient (Wildman–Crippen LogP) is 2.96. The number of carbonyl (C=O) groups is 2. The highest BCUT2D eigenvalue weighted by Gasteiger charge is 2.28. The lowest BCUT2D eigenvalue weighted by molar-refractivity contribution is -0.124. The molecule has 0 saturated heterocycles. The number of rotatable bonds is 9. The Morgan fingerprint density at radius 2 is 1.81 bits per heavy atom. The molecule has 2 heterocycles. The first-order valence-electron chi connectivity index (χ1n) is 12.2. The number of carbonyl (C=O) groups excluding carboxylic acids is 2. The van der Waals surface area contributed by atoms with Gasteiger partial charge < -0.3 is 29.8 Å². The van der Waals surface area contributed by atoms with Crippen LogP contribution in [0.15, 0.2) is 47.4 Å². The van der Waals surface area contributed by atoms with E-state index in [1.165, 1.54) is 6.20 Å². The molecule has 1 unspecified atom stereocenters. The summed E-state index contributed by atoms with van der Waals surface area (Å²) in [5.74, 6) is 0.151. The predicted molar refractivity (Wildman–Crippen MR) is 136 cm³/mol. The smallest absolute Gasteiger partial charge is 0.257 e. The third kappa shape index (κ3) is 5.15. The number of aromatic hydroxyl groups is 1. The van der Waals surface area contributed by atoms with Crippen molar-refractivity contribution >= 4 is 22.7 Å². The zero-order chi connectivity index (χ0) is 25.8. The first-order valence-corrected chi connectivity index (χ1v) is 12.2. The number of ether oxygens (including phenoxy) is 2. The van der Waals surface area contributed by atoms with Crippen molar-refractivity contribution in [2.75, 3.05) is 13.3 Å². The van der Waals surface area contributed by atoms with E-state index in [9.17, 15) is 19.5 Å². The van der Waals surface area contributed by atoms with Gasteiger partial charge in [0, 0.05) is 25.4 Å². The van der Waals surface area contributed by atoms with Gasteiger partial charge in [0.1, 0.15) is 17.4 Å². The summed E-state index contributed by atoms with van der Waals surface area (Å²) in [6, 6.07) is 9.32. The Labute approximate surface area is 209 Å². The average molecular weight is 494 g/mol. The van der Waals surface area contributed by atoms with E-state index in [2.05, 4.69) is 10.6 Å². The van der Waals surface area contributed by atoms with E-state index in [0.717, 1.165) is 5.56 Å². The SMILES string of the molecule is CCC(C)[C@H](NC(=O)c1cn(CC)c2cc3c(cc2c1=O)OCO3)C(=O)NCCc1ccc(O)cc1. The van der Waals surface area contributed by atoms with Crippen LogP contribution < -0.4 is 25.5 Å². The second-order valence-corrected chi connectivity index (χ2v) is 8.92. The van der Waals surface area contributed by atoms with Crippen molar-refractivity contribution in [2.24, 2.45) is 5.92 Å². The van der Waals surface area contributed by atoms with Gasteiger partial charge in [0.05, 0.1) is 10.9 Å². The molecule has 2 atom stereocenters. The summed E-state index contributed by atoms with van der Waals surface area (Å²) in [5, 5.41) is 15.4. The van der Waals surface area contributed by atoms with Gasteiger partial charge in [-0.25, -0.2) is 0 Å². The second-order valence-electron chi connectivity index (χ2n) is 8.92. The Morgan fingerprint density at radius 3 is 2.47 bits per heavy atom. The fourth-order valence-electron chi connectivity index (χ4n) is 4.23. The van der Waals surface area contributed by atoms with Crippen molar-refractivity contribution < 1.29 is 24.2 Å². The van der Waals surface area contributed by atoms with E-state index in [4.69, 9.17) is 9.47 Å². The summed E-state index contributed by atoms with van der Waals surface area (Å²) in [6.07, 6.45) is 2.77. The number of benzene rings is 2. The molecule has 0 aliphatic carbocycles. The Bertz CT molecular complexity index is 1330. The quantitative estimate of drug-likeness (QED) is 0.422. The molecule has 36 heavy (non-hydrogen) atoms. The third-order valence-corrected chi connectivity index (χ3v) is 6.59.